The van der Waals surface area contributed by atoms with Gasteiger partial charge in [-0.05, 0) is 137 Å². The van der Waals surface area contributed by atoms with E-state index in [1.54, 1.807) is 7.05 Å². The number of aryl methyl sites for hydroxylation is 1. The monoisotopic (exact) mass is 734 g/mol. The largest absolute Gasteiger partial charge is 0.490 e. The van der Waals surface area contributed by atoms with Crippen molar-refractivity contribution in [3.05, 3.63) is 70.3 Å². The summed E-state index contributed by atoms with van der Waals surface area (Å²) < 4.78 is 22.2. The molecule has 9 heteroatoms. The fourth-order valence-electron chi connectivity index (χ4n) is 10.1. The number of nitrogens with zero attached hydrogens (tertiary/aromatic N) is 3. The Hall–Kier alpha value is -2.23. The maximum atomic E-state index is 12.5. The van der Waals surface area contributed by atoms with E-state index in [-0.39, 0.29) is 10.7 Å². The van der Waals surface area contributed by atoms with Crippen LogP contribution in [0.2, 0.25) is 5.02 Å². The Balaban J connectivity index is 1.13. The minimum Gasteiger partial charge on any atom is -0.490 e. The number of allylic oxidation sites excluding steroid dienone is 1. The lowest BCUT2D eigenvalue weighted by atomic mass is 9.65. The maximum Gasteiger partial charge on any atom is 0.150 e. The summed E-state index contributed by atoms with van der Waals surface area (Å²) in [6, 6.07) is 13.1. The molecule has 3 fully saturated rings. The number of piperazine rings is 1. The molecule has 2 aromatic carbocycles. The van der Waals surface area contributed by atoms with Crippen LogP contribution >= 0.6 is 11.6 Å². The first kappa shape index (κ1) is 37.1. The number of hydrogen-bond acceptors (Lipinski definition) is 6. The van der Waals surface area contributed by atoms with Crippen LogP contribution in [0.5, 0.6) is 5.75 Å². The van der Waals surface area contributed by atoms with Crippen LogP contribution < -0.4 is 14.4 Å². The zero-order valence-electron chi connectivity index (χ0n) is 30.9. The SMILES string of the molecule is CCC(CC/C=C/C(CN1CCN2CCCCC2C1)C1CCC1CN1C[C@@]2(CCCc3cc(Cl)ccc32)COc2ccc(C=O)cc21)S(=O)NC. The molecule has 1 N–H and O–H groups in total. The van der Waals surface area contributed by atoms with E-state index in [0.29, 0.717) is 36.0 Å². The molecule has 3 aliphatic heterocycles. The summed E-state index contributed by atoms with van der Waals surface area (Å²) in [5.74, 6) is 2.55. The molecule has 7 rings (SSSR count). The van der Waals surface area contributed by atoms with Crippen LogP contribution in [-0.4, -0.2) is 91.1 Å². The van der Waals surface area contributed by atoms with Crippen molar-refractivity contribution in [3.8, 4) is 5.75 Å². The van der Waals surface area contributed by atoms with Gasteiger partial charge >= 0.3 is 0 Å². The second-order valence-corrected chi connectivity index (χ2v) is 18.2. The Morgan fingerprint density at radius 3 is 2.80 bits per heavy atom. The molecule has 3 heterocycles. The average molecular weight is 735 g/mol. The van der Waals surface area contributed by atoms with Gasteiger partial charge in [0.2, 0.25) is 0 Å². The van der Waals surface area contributed by atoms with Crippen molar-refractivity contribution in [2.45, 2.75) is 94.3 Å². The number of carbonyl (C=O) groups excluding carboxylic acids is 1. The van der Waals surface area contributed by atoms with Gasteiger partial charge in [0.25, 0.3) is 0 Å². The minimum absolute atomic E-state index is 0.125. The summed E-state index contributed by atoms with van der Waals surface area (Å²) in [6.07, 6.45) is 18.5. The van der Waals surface area contributed by atoms with Gasteiger partial charge in [0.1, 0.15) is 12.0 Å². The second-order valence-electron chi connectivity index (χ2n) is 16.1. The number of piperidine rings is 1. The number of ether oxygens (including phenoxy) is 1. The third-order valence-corrected chi connectivity index (χ3v) is 14.9. The molecule has 278 valence electrons. The number of halogens is 1. The van der Waals surface area contributed by atoms with Gasteiger partial charge in [-0.1, -0.05) is 43.2 Å². The molecule has 7 nitrogen and oxygen atoms in total. The summed E-state index contributed by atoms with van der Waals surface area (Å²) in [6.45, 7) is 10.6. The summed E-state index contributed by atoms with van der Waals surface area (Å²) in [4.78, 5) is 20.1. The third-order valence-electron chi connectivity index (χ3n) is 13.1. The molecule has 0 bridgehead atoms. The van der Waals surface area contributed by atoms with E-state index in [1.165, 1.54) is 62.9 Å². The fraction of sp³-hybridized carbons (Fsp3) is 0.643. The third kappa shape index (κ3) is 8.31. The predicted molar refractivity (Wildman–Crippen MR) is 211 cm³/mol. The van der Waals surface area contributed by atoms with Crippen LogP contribution in [0.1, 0.15) is 92.6 Å². The van der Waals surface area contributed by atoms with Crippen molar-refractivity contribution in [1.82, 2.24) is 14.5 Å². The topological polar surface area (TPSA) is 65.1 Å². The summed E-state index contributed by atoms with van der Waals surface area (Å²) in [5, 5.41) is 0.988. The molecule has 0 aromatic heterocycles. The molecule has 6 unspecified atom stereocenters. The van der Waals surface area contributed by atoms with Gasteiger partial charge in [-0.3, -0.25) is 14.6 Å². The predicted octanol–water partition coefficient (Wildman–Crippen LogP) is 7.44. The van der Waals surface area contributed by atoms with E-state index in [4.69, 9.17) is 16.3 Å². The van der Waals surface area contributed by atoms with Crippen LogP contribution in [0.15, 0.2) is 48.6 Å². The smallest absolute Gasteiger partial charge is 0.150 e. The molecular formula is C42H59ClN4O3S. The second kappa shape index (κ2) is 16.8. The highest BCUT2D eigenvalue weighted by Crippen LogP contribution is 2.47. The van der Waals surface area contributed by atoms with Crippen LogP contribution in [0.3, 0.4) is 0 Å². The van der Waals surface area contributed by atoms with E-state index in [2.05, 4.69) is 56.7 Å². The van der Waals surface area contributed by atoms with Crippen LogP contribution in [0, 0.1) is 17.8 Å². The number of aldehydes is 1. The van der Waals surface area contributed by atoms with E-state index in [9.17, 15) is 9.00 Å². The number of benzene rings is 2. The van der Waals surface area contributed by atoms with Gasteiger partial charge in [0.05, 0.1) is 23.3 Å². The molecule has 51 heavy (non-hydrogen) atoms. The lowest BCUT2D eigenvalue weighted by Gasteiger charge is -2.48. The Bertz CT molecular complexity index is 1570. The van der Waals surface area contributed by atoms with E-state index in [0.717, 1.165) is 87.4 Å². The van der Waals surface area contributed by atoms with Crippen molar-refractivity contribution < 1.29 is 13.7 Å². The zero-order chi connectivity index (χ0) is 35.4. The Morgan fingerprint density at radius 2 is 2.00 bits per heavy atom. The average Bonchev–Trinajstić information content (AvgIpc) is 3.29. The minimum atomic E-state index is -0.981. The molecule has 2 aromatic rings. The number of hydrogen-bond donors (Lipinski definition) is 1. The quantitative estimate of drug-likeness (QED) is 0.171. The molecule has 5 aliphatic rings. The van der Waals surface area contributed by atoms with Crippen molar-refractivity contribution in [1.29, 1.82) is 0 Å². The Kier molecular flexibility index (Phi) is 12.3. The van der Waals surface area contributed by atoms with E-state index < -0.39 is 11.0 Å². The maximum absolute atomic E-state index is 12.5. The highest BCUT2D eigenvalue weighted by Gasteiger charge is 2.44. The van der Waals surface area contributed by atoms with Crippen molar-refractivity contribution in [2.75, 3.05) is 64.4 Å². The summed E-state index contributed by atoms with van der Waals surface area (Å²) in [5.41, 5.74) is 4.37. The molecule has 1 saturated carbocycles. The number of nitrogens with one attached hydrogen (secondary N) is 1. The van der Waals surface area contributed by atoms with Crippen molar-refractivity contribution in [3.63, 3.8) is 0 Å². The number of rotatable bonds is 13. The summed E-state index contributed by atoms with van der Waals surface area (Å²) in [7, 11) is 0.817. The fourth-order valence-corrected chi connectivity index (χ4v) is 11.3. The number of fused-ring (bicyclic) bond motifs is 4. The lowest BCUT2D eigenvalue weighted by molar-refractivity contribution is 0.0282. The molecule has 0 radical (unpaired) electrons. The zero-order valence-corrected chi connectivity index (χ0v) is 32.4. The summed E-state index contributed by atoms with van der Waals surface area (Å²) >= 11 is 6.50. The first-order valence-corrected chi connectivity index (χ1v) is 21.5. The standard InChI is InChI=1S/C42H59ClN4O3S/c1-3-37(51(49)44-2)12-5-4-9-33(25-45-21-22-46-20-7-6-11-36(46)27-45)38-16-14-34(38)26-47-29-42(19-8-10-32-24-35(43)15-17-39(32)42)30-50-41-18-13-31(28-48)23-40(41)47/h4,9,13,15,17-18,23-24,28,33-34,36-38,44H,3,5-8,10-12,14,16,19-22,25-27,29-30H2,1-2H3/b9-4+/t33?,34?,36?,37?,38?,42-,51?/m0/s1. The first-order valence-electron chi connectivity index (χ1n) is 19.9. The molecule has 7 atom stereocenters. The van der Waals surface area contributed by atoms with Gasteiger partial charge in [0.15, 0.2) is 0 Å². The molecule has 1 spiro atoms. The highest BCUT2D eigenvalue weighted by molar-refractivity contribution is 7.83. The van der Waals surface area contributed by atoms with Gasteiger partial charge < -0.3 is 9.64 Å². The van der Waals surface area contributed by atoms with Crippen LogP contribution in [-0.2, 0) is 22.8 Å². The van der Waals surface area contributed by atoms with Crippen LogP contribution in [0.25, 0.3) is 0 Å². The number of carbonyl (C=O) groups is 1. The Morgan fingerprint density at radius 1 is 1.10 bits per heavy atom. The van der Waals surface area contributed by atoms with Gasteiger partial charge in [-0.2, -0.15) is 0 Å². The highest BCUT2D eigenvalue weighted by atomic mass is 35.5. The molecular weight excluding hydrogens is 676 g/mol. The van der Waals surface area contributed by atoms with Gasteiger partial charge in [-0.25, -0.2) is 8.93 Å². The van der Waals surface area contributed by atoms with E-state index >= 15 is 0 Å². The molecule has 2 aliphatic carbocycles. The Labute approximate surface area is 314 Å². The van der Waals surface area contributed by atoms with Gasteiger partial charge in [-0.15, -0.1) is 0 Å². The number of anilines is 1. The van der Waals surface area contributed by atoms with Crippen LogP contribution in [0.4, 0.5) is 5.69 Å². The lowest BCUT2D eigenvalue weighted by Crippen LogP contribution is -2.56. The molecule has 2 saturated heterocycles. The normalized spacial score (nSPS) is 28.5. The first-order chi connectivity index (χ1) is 24.9. The van der Waals surface area contributed by atoms with Crippen molar-refractivity contribution >= 4 is 34.6 Å². The van der Waals surface area contributed by atoms with Gasteiger partial charge in [0, 0.05) is 66.6 Å². The van der Waals surface area contributed by atoms with Crippen molar-refractivity contribution in [2.24, 2.45) is 17.8 Å². The van der Waals surface area contributed by atoms with E-state index in [1.807, 2.05) is 18.2 Å². The molecule has 0 amide bonds.